The SMILES string of the molecule is Cc1ccccc1C(CC(=O)Nc1ccc(Cl)cc1)NC(N)=O. The van der Waals surface area contributed by atoms with Gasteiger partial charge in [-0.3, -0.25) is 4.79 Å². The molecule has 0 aliphatic heterocycles. The number of primary amides is 1. The number of aryl methyl sites for hydroxylation is 1. The number of carbonyl (C=O) groups is 2. The first kappa shape index (κ1) is 16.8. The van der Waals surface area contributed by atoms with E-state index < -0.39 is 12.1 Å². The first-order valence-electron chi connectivity index (χ1n) is 7.12. The standard InChI is InChI=1S/C17H18ClN3O2/c1-11-4-2-3-5-14(11)15(21-17(19)23)10-16(22)20-13-8-6-12(18)7-9-13/h2-9,15H,10H2,1H3,(H,20,22)(H3,19,21,23). The molecule has 0 aliphatic rings. The number of urea groups is 1. The van der Waals surface area contributed by atoms with Crippen LogP contribution in [0.2, 0.25) is 5.02 Å². The molecule has 23 heavy (non-hydrogen) atoms. The molecule has 120 valence electrons. The fraction of sp³-hybridized carbons (Fsp3) is 0.176. The summed E-state index contributed by atoms with van der Waals surface area (Å²) in [6, 6.07) is 13.2. The highest BCUT2D eigenvalue weighted by Gasteiger charge is 2.19. The predicted octanol–water partition coefficient (Wildman–Crippen LogP) is 3.39. The van der Waals surface area contributed by atoms with Gasteiger partial charge in [-0.2, -0.15) is 0 Å². The van der Waals surface area contributed by atoms with Gasteiger partial charge in [0.05, 0.1) is 12.5 Å². The number of halogens is 1. The van der Waals surface area contributed by atoms with Crippen LogP contribution < -0.4 is 16.4 Å². The average Bonchev–Trinajstić information content (AvgIpc) is 2.49. The molecule has 6 heteroatoms. The van der Waals surface area contributed by atoms with Crippen LogP contribution in [0.4, 0.5) is 10.5 Å². The minimum absolute atomic E-state index is 0.0798. The van der Waals surface area contributed by atoms with Gasteiger partial charge in [0, 0.05) is 10.7 Å². The molecule has 2 aromatic carbocycles. The van der Waals surface area contributed by atoms with Gasteiger partial charge in [0.2, 0.25) is 5.91 Å². The third kappa shape index (κ3) is 5.00. The molecule has 1 atom stereocenters. The second-order valence-corrected chi connectivity index (χ2v) is 5.61. The highest BCUT2D eigenvalue weighted by molar-refractivity contribution is 6.30. The van der Waals surface area contributed by atoms with E-state index in [1.54, 1.807) is 24.3 Å². The fourth-order valence-electron chi connectivity index (χ4n) is 2.32. The normalized spacial score (nSPS) is 11.6. The van der Waals surface area contributed by atoms with E-state index in [2.05, 4.69) is 10.6 Å². The van der Waals surface area contributed by atoms with Crippen molar-refractivity contribution in [3.63, 3.8) is 0 Å². The van der Waals surface area contributed by atoms with E-state index in [4.69, 9.17) is 17.3 Å². The Balaban J connectivity index is 2.11. The Bertz CT molecular complexity index is 701. The molecule has 5 nitrogen and oxygen atoms in total. The van der Waals surface area contributed by atoms with Crippen LogP contribution in [-0.4, -0.2) is 11.9 Å². The van der Waals surface area contributed by atoms with E-state index in [0.717, 1.165) is 11.1 Å². The molecule has 4 N–H and O–H groups in total. The van der Waals surface area contributed by atoms with E-state index in [0.29, 0.717) is 10.7 Å². The smallest absolute Gasteiger partial charge is 0.312 e. The van der Waals surface area contributed by atoms with Crippen molar-refractivity contribution in [2.75, 3.05) is 5.32 Å². The molecule has 2 aromatic rings. The van der Waals surface area contributed by atoms with Crippen molar-refractivity contribution in [2.45, 2.75) is 19.4 Å². The Kier molecular flexibility index (Phi) is 5.60. The number of hydrogen-bond acceptors (Lipinski definition) is 2. The van der Waals surface area contributed by atoms with E-state index >= 15 is 0 Å². The Morgan fingerprint density at radius 3 is 2.39 bits per heavy atom. The lowest BCUT2D eigenvalue weighted by molar-refractivity contribution is -0.116. The molecule has 0 spiro atoms. The molecule has 0 fully saturated rings. The van der Waals surface area contributed by atoms with Crippen LogP contribution in [0.15, 0.2) is 48.5 Å². The van der Waals surface area contributed by atoms with Gasteiger partial charge in [0.1, 0.15) is 0 Å². The van der Waals surface area contributed by atoms with Crippen molar-refractivity contribution in [1.82, 2.24) is 5.32 Å². The van der Waals surface area contributed by atoms with Crippen molar-refractivity contribution in [2.24, 2.45) is 5.73 Å². The minimum Gasteiger partial charge on any atom is -0.352 e. The summed E-state index contributed by atoms with van der Waals surface area (Å²) < 4.78 is 0. The van der Waals surface area contributed by atoms with Gasteiger partial charge in [0.25, 0.3) is 0 Å². The van der Waals surface area contributed by atoms with Crippen LogP contribution in [0, 0.1) is 6.92 Å². The molecular formula is C17H18ClN3O2. The summed E-state index contributed by atoms with van der Waals surface area (Å²) in [5.41, 5.74) is 7.71. The van der Waals surface area contributed by atoms with E-state index in [1.807, 2.05) is 31.2 Å². The fourth-order valence-corrected chi connectivity index (χ4v) is 2.44. The van der Waals surface area contributed by atoms with Gasteiger partial charge in [-0.15, -0.1) is 0 Å². The summed E-state index contributed by atoms with van der Waals surface area (Å²) in [5.74, 6) is -0.227. The maximum absolute atomic E-state index is 12.2. The van der Waals surface area contributed by atoms with Crippen molar-refractivity contribution in [1.29, 1.82) is 0 Å². The molecule has 0 aliphatic carbocycles. The molecule has 1 unspecified atom stereocenters. The van der Waals surface area contributed by atoms with Gasteiger partial charge in [-0.05, 0) is 42.3 Å². The third-order valence-corrected chi connectivity index (χ3v) is 3.65. The maximum Gasteiger partial charge on any atom is 0.312 e. The Hall–Kier alpha value is -2.53. The number of amides is 3. The quantitative estimate of drug-likeness (QED) is 0.784. The molecule has 0 saturated heterocycles. The molecule has 2 rings (SSSR count). The number of rotatable bonds is 5. The number of carbonyl (C=O) groups excluding carboxylic acids is 2. The lowest BCUT2D eigenvalue weighted by atomic mass is 9.98. The minimum atomic E-state index is -0.669. The van der Waals surface area contributed by atoms with Crippen LogP contribution in [0.25, 0.3) is 0 Å². The molecular weight excluding hydrogens is 314 g/mol. The van der Waals surface area contributed by atoms with Crippen LogP contribution in [0.3, 0.4) is 0 Å². The first-order valence-corrected chi connectivity index (χ1v) is 7.50. The second kappa shape index (κ2) is 7.65. The van der Waals surface area contributed by atoms with Crippen LogP contribution >= 0.6 is 11.6 Å². The summed E-state index contributed by atoms with van der Waals surface area (Å²) in [5, 5.41) is 5.99. The monoisotopic (exact) mass is 331 g/mol. The Labute approximate surface area is 139 Å². The van der Waals surface area contributed by atoms with Gasteiger partial charge in [-0.1, -0.05) is 35.9 Å². The lowest BCUT2D eigenvalue weighted by Crippen LogP contribution is -2.35. The highest BCUT2D eigenvalue weighted by atomic mass is 35.5. The third-order valence-electron chi connectivity index (χ3n) is 3.40. The molecule has 0 radical (unpaired) electrons. The zero-order chi connectivity index (χ0) is 16.8. The van der Waals surface area contributed by atoms with Gasteiger partial charge in [0.15, 0.2) is 0 Å². The number of benzene rings is 2. The number of hydrogen-bond donors (Lipinski definition) is 3. The van der Waals surface area contributed by atoms with E-state index in [1.165, 1.54) is 0 Å². The van der Waals surface area contributed by atoms with E-state index in [-0.39, 0.29) is 12.3 Å². The Morgan fingerprint density at radius 1 is 1.13 bits per heavy atom. The summed E-state index contributed by atoms with van der Waals surface area (Å²) in [6.07, 6.45) is 0.0798. The highest BCUT2D eigenvalue weighted by Crippen LogP contribution is 2.21. The molecule has 3 amide bonds. The predicted molar refractivity (Wildman–Crippen MR) is 91.3 cm³/mol. The van der Waals surface area contributed by atoms with Crippen LogP contribution in [0.1, 0.15) is 23.6 Å². The zero-order valence-corrected chi connectivity index (χ0v) is 13.4. The summed E-state index contributed by atoms with van der Waals surface area (Å²) >= 11 is 5.81. The maximum atomic E-state index is 12.2. The second-order valence-electron chi connectivity index (χ2n) is 5.18. The number of anilines is 1. The topological polar surface area (TPSA) is 84.2 Å². The summed E-state index contributed by atoms with van der Waals surface area (Å²) in [6.45, 7) is 1.92. The van der Waals surface area contributed by atoms with Gasteiger partial charge >= 0.3 is 6.03 Å². The van der Waals surface area contributed by atoms with Crippen molar-refractivity contribution >= 4 is 29.2 Å². The number of nitrogens with two attached hydrogens (primary N) is 1. The zero-order valence-electron chi connectivity index (χ0n) is 12.7. The molecule has 0 aromatic heterocycles. The van der Waals surface area contributed by atoms with Crippen molar-refractivity contribution in [3.05, 3.63) is 64.7 Å². The summed E-state index contributed by atoms with van der Waals surface area (Å²) in [4.78, 5) is 23.5. The van der Waals surface area contributed by atoms with Crippen LogP contribution in [-0.2, 0) is 4.79 Å². The molecule has 0 bridgehead atoms. The Morgan fingerprint density at radius 2 is 1.78 bits per heavy atom. The van der Waals surface area contributed by atoms with Crippen molar-refractivity contribution < 1.29 is 9.59 Å². The molecule has 0 saturated carbocycles. The van der Waals surface area contributed by atoms with Crippen LogP contribution in [0.5, 0.6) is 0 Å². The number of nitrogens with one attached hydrogen (secondary N) is 2. The largest absolute Gasteiger partial charge is 0.352 e. The summed E-state index contributed by atoms with van der Waals surface area (Å²) in [7, 11) is 0. The lowest BCUT2D eigenvalue weighted by Gasteiger charge is -2.19. The van der Waals surface area contributed by atoms with Gasteiger partial charge in [-0.25, -0.2) is 4.79 Å². The van der Waals surface area contributed by atoms with Crippen molar-refractivity contribution in [3.8, 4) is 0 Å². The first-order chi connectivity index (χ1) is 11.0. The van der Waals surface area contributed by atoms with E-state index in [9.17, 15) is 9.59 Å². The molecule has 0 heterocycles. The average molecular weight is 332 g/mol. The van der Waals surface area contributed by atoms with Gasteiger partial charge < -0.3 is 16.4 Å².